The van der Waals surface area contributed by atoms with E-state index in [2.05, 4.69) is 5.32 Å². The van der Waals surface area contributed by atoms with Crippen LogP contribution in [-0.2, 0) is 5.67 Å². The fraction of sp³-hybridized carbons (Fsp3) is 0.500. The van der Waals surface area contributed by atoms with E-state index in [4.69, 9.17) is 0 Å². The number of halogens is 2. The van der Waals surface area contributed by atoms with Crippen molar-refractivity contribution in [2.45, 2.75) is 25.4 Å². The van der Waals surface area contributed by atoms with Crippen LogP contribution in [0.15, 0.2) is 18.2 Å². The molecule has 0 radical (unpaired) electrons. The Morgan fingerprint density at radius 2 is 1.93 bits per heavy atom. The fourth-order valence-electron chi connectivity index (χ4n) is 1.98. The lowest BCUT2D eigenvalue weighted by Gasteiger charge is -2.30. The first-order valence-electron chi connectivity index (χ1n) is 5.28. The standard InChI is InChI=1S/C12H15F2N/c1-9-2-3-10(8-11(9)13)12(14)4-6-15-7-5-12/h2-3,8,15H,4-7H2,1H3. The predicted octanol–water partition coefficient (Wildman–Crippen LogP) is 2.68. The van der Waals surface area contributed by atoms with Crippen LogP contribution in [0.2, 0.25) is 0 Å². The van der Waals surface area contributed by atoms with Crippen molar-refractivity contribution in [1.29, 1.82) is 0 Å². The molecule has 1 aliphatic heterocycles. The van der Waals surface area contributed by atoms with Gasteiger partial charge in [-0.3, -0.25) is 0 Å². The van der Waals surface area contributed by atoms with Gasteiger partial charge in [-0.05, 0) is 50.0 Å². The van der Waals surface area contributed by atoms with Gasteiger partial charge in [0.15, 0.2) is 0 Å². The zero-order chi connectivity index (χ0) is 10.9. The molecule has 2 rings (SSSR count). The van der Waals surface area contributed by atoms with E-state index in [1.54, 1.807) is 19.1 Å². The number of piperidine rings is 1. The van der Waals surface area contributed by atoms with Crippen molar-refractivity contribution >= 4 is 0 Å². The maximum atomic E-state index is 14.4. The summed E-state index contributed by atoms with van der Waals surface area (Å²) in [6.07, 6.45) is 0.852. The second-order valence-electron chi connectivity index (χ2n) is 4.18. The first-order chi connectivity index (χ1) is 7.12. The highest BCUT2D eigenvalue weighted by atomic mass is 19.1. The van der Waals surface area contributed by atoms with Crippen molar-refractivity contribution in [2.24, 2.45) is 0 Å². The smallest absolute Gasteiger partial charge is 0.138 e. The monoisotopic (exact) mass is 211 g/mol. The molecule has 1 aromatic rings. The van der Waals surface area contributed by atoms with Gasteiger partial charge in [-0.1, -0.05) is 12.1 Å². The van der Waals surface area contributed by atoms with E-state index in [0.717, 1.165) is 0 Å². The van der Waals surface area contributed by atoms with Crippen molar-refractivity contribution in [1.82, 2.24) is 5.32 Å². The first kappa shape index (κ1) is 10.6. The molecule has 1 N–H and O–H groups in total. The van der Waals surface area contributed by atoms with Crippen molar-refractivity contribution < 1.29 is 8.78 Å². The molecule has 0 bridgehead atoms. The minimum absolute atomic E-state index is 0.317. The van der Waals surface area contributed by atoms with Crippen LogP contribution in [0.5, 0.6) is 0 Å². The third-order valence-electron chi connectivity index (χ3n) is 3.09. The molecular formula is C12H15F2N. The zero-order valence-electron chi connectivity index (χ0n) is 8.82. The topological polar surface area (TPSA) is 12.0 Å². The van der Waals surface area contributed by atoms with Crippen LogP contribution in [0.3, 0.4) is 0 Å². The molecule has 0 aromatic heterocycles. The Kier molecular flexibility index (Phi) is 2.74. The molecule has 15 heavy (non-hydrogen) atoms. The molecule has 82 valence electrons. The minimum Gasteiger partial charge on any atom is -0.316 e. The summed E-state index contributed by atoms with van der Waals surface area (Å²) in [7, 11) is 0. The first-order valence-corrected chi connectivity index (χ1v) is 5.28. The van der Waals surface area contributed by atoms with Crippen LogP contribution < -0.4 is 5.32 Å². The number of aryl methyl sites for hydroxylation is 1. The molecule has 1 fully saturated rings. The van der Waals surface area contributed by atoms with Crippen molar-refractivity contribution in [3.05, 3.63) is 35.1 Å². The number of hydrogen-bond donors (Lipinski definition) is 1. The molecular weight excluding hydrogens is 196 g/mol. The molecule has 1 saturated heterocycles. The fourth-order valence-corrected chi connectivity index (χ4v) is 1.98. The normalized spacial score (nSPS) is 20.2. The Labute approximate surface area is 88.5 Å². The van der Waals surface area contributed by atoms with Gasteiger partial charge in [0, 0.05) is 0 Å². The highest BCUT2D eigenvalue weighted by molar-refractivity contribution is 5.28. The van der Waals surface area contributed by atoms with Gasteiger partial charge in [0.1, 0.15) is 11.5 Å². The maximum absolute atomic E-state index is 14.4. The van der Waals surface area contributed by atoms with Gasteiger partial charge in [0.25, 0.3) is 0 Å². The second kappa shape index (κ2) is 3.89. The quantitative estimate of drug-likeness (QED) is 0.753. The van der Waals surface area contributed by atoms with Gasteiger partial charge < -0.3 is 5.32 Å². The summed E-state index contributed by atoms with van der Waals surface area (Å²) in [5.74, 6) is -0.317. The lowest BCUT2D eigenvalue weighted by Crippen LogP contribution is -2.36. The molecule has 1 aliphatic rings. The summed E-state index contributed by atoms with van der Waals surface area (Å²) in [6, 6.07) is 4.68. The molecule has 1 nitrogen and oxygen atoms in total. The lowest BCUT2D eigenvalue weighted by atomic mass is 9.86. The molecule has 0 saturated carbocycles. The van der Waals surface area contributed by atoms with E-state index in [0.29, 0.717) is 37.1 Å². The van der Waals surface area contributed by atoms with Crippen LogP contribution in [0.4, 0.5) is 8.78 Å². The average molecular weight is 211 g/mol. The number of hydrogen-bond acceptors (Lipinski definition) is 1. The summed E-state index contributed by atoms with van der Waals surface area (Å²) in [6.45, 7) is 3.00. The zero-order valence-corrected chi connectivity index (χ0v) is 8.82. The van der Waals surface area contributed by atoms with Crippen molar-refractivity contribution in [3.63, 3.8) is 0 Å². The summed E-state index contributed by atoms with van der Waals surface area (Å²) >= 11 is 0. The van der Waals surface area contributed by atoms with E-state index < -0.39 is 5.67 Å². The van der Waals surface area contributed by atoms with E-state index in [1.165, 1.54) is 6.07 Å². The number of benzene rings is 1. The van der Waals surface area contributed by atoms with Crippen LogP contribution in [-0.4, -0.2) is 13.1 Å². The van der Waals surface area contributed by atoms with Gasteiger partial charge in [-0.25, -0.2) is 8.78 Å². The molecule has 3 heteroatoms. The number of alkyl halides is 1. The summed E-state index contributed by atoms with van der Waals surface area (Å²) < 4.78 is 27.7. The van der Waals surface area contributed by atoms with Gasteiger partial charge in [0.2, 0.25) is 0 Å². The summed E-state index contributed by atoms with van der Waals surface area (Å²) in [5.41, 5.74) is -0.303. The predicted molar refractivity (Wildman–Crippen MR) is 56.0 cm³/mol. The maximum Gasteiger partial charge on any atom is 0.138 e. The summed E-state index contributed by atoms with van der Waals surface area (Å²) in [4.78, 5) is 0. The Bertz CT molecular complexity index is 357. The molecule has 0 amide bonds. The molecule has 0 spiro atoms. The third-order valence-corrected chi connectivity index (χ3v) is 3.09. The van der Waals surface area contributed by atoms with Gasteiger partial charge in [-0.15, -0.1) is 0 Å². The van der Waals surface area contributed by atoms with E-state index >= 15 is 0 Å². The van der Waals surface area contributed by atoms with Crippen molar-refractivity contribution in [3.8, 4) is 0 Å². The van der Waals surface area contributed by atoms with E-state index in [9.17, 15) is 8.78 Å². The van der Waals surface area contributed by atoms with Gasteiger partial charge in [0.05, 0.1) is 0 Å². The molecule has 1 aromatic carbocycles. The molecule has 1 heterocycles. The van der Waals surface area contributed by atoms with Gasteiger partial charge in [-0.2, -0.15) is 0 Å². The Hall–Kier alpha value is -0.960. The highest BCUT2D eigenvalue weighted by Gasteiger charge is 2.33. The SMILES string of the molecule is Cc1ccc(C2(F)CCNCC2)cc1F. The largest absolute Gasteiger partial charge is 0.316 e. The van der Waals surface area contributed by atoms with E-state index in [-0.39, 0.29) is 5.82 Å². The minimum atomic E-state index is -1.35. The van der Waals surface area contributed by atoms with Crippen molar-refractivity contribution in [2.75, 3.05) is 13.1 Å². The Morgan fingerprint density at radius 3 is 2.53 bits per heavy atom. The lowest BCUT2D eigenvalue weighted by molar-refractivity contribution is 0.115. The second-order valence-corrected chi connectivity index (χ2v) is 4.18. The molecule has 0 unspecified atom stereocenters. The molecule has 0 atom stereocenters. The highest BCUT2D eigenvalue weighted by Crippen LogP contribution is 2.35. The average Bonchev–Trinajstić information content (AvgIpc) is 2.23. The van der Waals surface area contributed by atoms with Gasteiger partial charge >= 0.3 is 0 Å². The van der Waals surface area contributed by atoms with Crippen LogP contribution in [0.1, 0.15) is 24.0 Å². The van der Waals surface area contributed by atoms with E-state index in [1.807, 2.05) is 0 Å². The number of rotatable bonds is 1. The molecule has 0 aliphatic carbocycles. The Morgan fingerprint density at radius 1 is 1.27 bits per heavy atom. The van der Waals surface area contributed by atoms with Crippen LogP contribution in [0.25, 0.3) is 0 Å². The summed E-state index contributed by atoms with van der Waals surface area (Å²) in [5, 5.41) is 3.10. The van der Waals surface area contributed by atoms with Crippen LogP contribution in [0, 0.1) is 12.7 Å². The van der Waals surface area contributed by atoms with Crippen LogP contribution >= 0.6 is 0 Å². The third kappa shape index (κ3) is 2.02. The number of nitrogens with one attached hydrogen (secondary N) is 1. The Balaban J connectivity index is 2.31.